The van der Waals surface area contributed by atoms with Crippen LogP contribution in [-0.2, 0) is 9.53 Å². The van der Waals surface area contributed by atoms with Gasteiger partial charge in [-0.3, -0.25) is 14.3 Å². The van der Waals surface area contributed by atoms with Gasteiger partial charge in [-0.1, -0.05) is 109 Å². The molecule has 0 aromatic heterocycles. The normalized spacial score (nSPS) is 14.0. The molecule has 0 aliphatic carbocycles. The molecule has 0 radical (unpaired) electrons. The average molecular weight is 546 g/mol. The molecule has 1 aliphatic rings. The largest absolute Gasteiger partial charge is 0.462 e. The van der Waals surface area contributed by atoms with Crippen molar-refractivity contribution in [2.45, 2.75) is 155 Å². The van der Waals surface area contributed by atoms with Crippen LogP contribution < -0.4 is 0 Å². The molecule has 0 saturated heterocycles. The Morgan fingerprint density at radius 1 is 0.718 bits per heavy atom. The van der Waals surface area contributed by atoms with Crippen LogP contribution in [0.15, 0.2) is 24.3 Å². The van der Waals surface area contributed by atoms with Gasteiger partial charge in [-0.15, -0.1) is 0 Å². The second-order valence-electron chi connectivity index (χ2n) is 11.6. The van der Waals surface area contributed by atoms with Gasteiger partial charge >= 0.3 is 5.97 Å². The highest BCUT2D eigenvalue weighted by Crippen LogP contribution is 2.13. The van der Waals surface area contributed by atoms with Crippen LogP contribution in [0.4, 0.5) is 0 Å². The van der Waals surface area contributed by atoms with E-state index in [1.165, 1.54) is 121 Å². The second-order valence-corrected chi connectivity index (χ2v) is 11.6. The molecular formula is C35H65N2O2+. The van der Waals surface area contributed by atoms with Crippen LogP contribution >= 0.6 is 0 Å². The number of allylic oxidation sites excluding steroid dienone is 4. The molecule has 4 nitrogen and oxygen atoms in total. The third-order valence-electron chi connectivity index (χ3n) is 7.94. The van der Waals surface area contributed by atoms with Crippen LogP contribution in [0.2, 0.25) is 0 Å². The van der Waals surface area contributed by atoms with Gasteiger partial charge in [0.05, 0.1) is 7.05 Å². The lowest BCUT2D eigenvalue weighted by Gasteiger charge is -2.14. The van der Waals surface area contributed by atoms with Crippen LogP contribution in [0.25, 0.3) is 0 Å². The fourth-order valence-electron chi connectivity index (χ4n) is 5.32. The minimum atomic E-state index is -0.0182. The summed E-state index contributed by atoms with van der Waals surface area (Å²) in [7, 11) is 2.21. The molecule has 0 amide bonds. The van der Waals surface area contributed by atoms with E-state index >= 15 is 0 Å². The summed E-state index contributed by atoms with van der Waals surface area (Å²) in [5.74, 6) is 1.42. The molecule has 1 aliphatic heterocycles. The molecular weight excluding hydrogens is 480 g/mol. The fraction of sp³-hybridized carbons (Fsp3) is 0.829. The molecule has 39 heavy (non-hydrogen) atoms. The first-order valence-electron chi connectivity index (χ1n) is 17.0. The highest BCUT2D eigenvalue weighted by Gasteiger charge is 2.27. The smallest absolute Gasteiger partial charge is 0.305 e. The predicted octanol–water partition coefficient (Wildman–Crippen LogP) is 9.62. The SMILES string of the molecule is CCCC/C=C/CCCCCCCC1=[N+](C)CCN1CCOC(=O)CCCCCCC/C=C/CCCCCC. The maximum Gasteiger partial charge on any atom is 0.305 e. The third-order valence-corrected chi connectivity index (χ3v) is 7.94. The van der Waals surface area contributed by atoms with Crippen LogP contribution in [0.5, 0.6) is 0 Å². The Labute approximate surface area is 243 Å². The van der Waals surface area contributed by atoms with E-state index in [9.17, 15) is 4.79 Å². The quantitative estimate of drug-likeness (QED) is 0.0446. The molecule has 226 valence electrons. The summed E-state index contributed by atoms with van der Waals surface area (Å²) >= 11 is 0. The number of likely N-dealkylation sites (N-methyl/N-ethyl adjacent to an activating group) is 1. The van der Waals surface area contributed by atoms with Gasteiger partial charge in [0, 0.05) is 12.8 Å². The third kappa shape index (κ3) is 20.9. The summed E-state index contributed by atoms with van der Waals surface area (Å²) in [4.78, 5) is 14.6. The molecule has 0 fully saturated rings. The maximum atomic E-state index is 12.2. The summed E-state index contributed by atoms with van der Waals surface area (Å²) in [6.07, 6.45) is 36.6. The van der Waals surface area contributed by atoms with Crippen molar-refractivity contribution in [3.05, 3.63) is 24.3 Å². The fourth-order valence-corrected chi connectivity index (χ4v) is 5.32. The second kappa shape index (κ2) is 26.6. The molecule has 1 rings (SSSR count). The van der Waals surface area contributed by atoms with Crippen molar-refractivity contribution < 1.29 is 14.1 Å². The number of carbonyl (C=O) groups excluding carboxylic acids is 1. The van der Waals surface area contributed by atoms with Gasteiger partial charge in [-0.25, -0.2) is 0 Å². The van der Waals surface area contributed by atoms with E-state index in [1.54, 1.807) is 0 Å². The number of nitrogens with zero attached hydrogens (tertiary/aromatic N) is 2. The zero-order chi connectivity index (χ0) is 28.2. The lowest BCUT2D eigenvalue weighted by molar-refractivity contribution is -0.487. The Morgan fingerprint density at radius 3 is 1.85 bits per heavy atom. The number of ether oxygens (including phenoxy) is 1. The minimum Gasteiger partial charge on any atom is -0.462 e. The van der Waals surface area contributed by atoms with Gasteiger partial charge in [0.25, 0.3) is 0 Å². The molecule has 0 aromatic rings. The van der Waals surface area contributed by atoms with Gasteiger partial charge in [-0.05, 0) is 57.8 Å². The van der Waals surface area contributed by atoms with Crippen molar-refractivity contribution in [3.63, 3.8) is 0 Å². The molecule has 0 bridgehead atoms. The van der Waals surface area contributed by atoms with Crippen molar-refractivity contribution in [2.75, 3.05) is 33.3 Å². The van der Waals surface area contributed by atoms with Crippen molar-refractivity contribution in [2.24, 2.45) is 0 Å². The monoisotopic (exact) mass is 546 g/mol. The average Bonchev–Trinajstić information content (AvgIpc) is 3.28. The van der Waals surface area contributed by atoms with E-state index < -0.39 is 0 Å². The van der Waals surface area contributed by atoms with Crippen molar-refractivity contribution in [1.29, 1.82) is 0 Å². The minimum absolute atomic E-state index is 0.0182. The summed E-state index contributed by atoms with van der Waals surface area (Å²) < 4.78 is 7.97. The Bertz CT molecular complexity index is 668. The van der Waals surface area contributed by atoms with Crippen molar-refractivity contribution in [1.82, 2.24) is 4.90 Å². The van der Waals surface area contributed by atoms with Crippen LogP contribution in [0.3, 0.4) is 0 Å². The van der Waals surface area contributed by atoms with Crippen LogP contribution in [-0.4, -0.2) is 54.6 Å². The molecule has 1 heterocycles. The van der Waals surface area contributed by atoms with Crippen LogP contribution in [0.1, 0.15) is 155 Å². The van der Waals surface area contributed by atoms with Crippen LogP contribution in [0, 0.1) is 0 Å². The van der Waals surface area contributed by atoms with E-state index in [2.05, 4.69) is 54.7 Å². The van der Waals surface area contributed by atoms with Crippen molar-refractivity contribution in [3.8, 4) is 0 Å². The highest BCUT2D eigenvalue weighted by molar-refractivity contribution is 5.78. The number of rotatable bonds is 27. The maximum absolute atomic E-state index is 12.2. The number of esters is 1. The molecule has 0 saturated carbocycles. The van der Waals surface area contributed by atoms with E-state index in [-0.39, 0.29) is 5.97 Å². The summed E-state index contributed by atoms with van der Waals surface area (Å²) in [5.41, 5.74) is 0. The Morgan fingerprint density at radius 2 is 1.23 bits per heavy atom. The number of carbonyl (C=O) groups is 1. The summed E-state index contributed by atoms with van der Waals surface area (Å²) in [6, 6.07) is 0. The lowest BCUT2D eigenvalue weighted by Crippen LogP contribution is -2.32. The number of hydrogen-bond donors (Lipinski definition) is 0. The van der Waals surface area contributed by atoms with E-state index in [1.807, 2.05) is 0 Å². The first kappa shape index (κ1) is 35.4. The van der Waals surface area contributed by atoms with Gasteiger partial charge in [0.15, 0.2) is 0 Å². The van der Waals surface area contributed by atoms with E-state index in [0.29, 0.717) is 13.0 Å². The van der Waals surface area contributed by atoms with Gasteiger partial charge < -0.3 is 4.74 Å². The zero-order valence-corrected chi connectivity index (χ0v) is 26.4. The van der Waals surface area contributed by atoms with Gasteiger partial charge in [0.1, 0.15) is 26.2 Å². The summed E-state index contributed by atoms with van der Waals surface area (Å²) in [6.45, 7) is 8.02. The molecule has 4 heteroatoms. The standard InChI is InChI=1S/C35H65N2O2/c1-4-6-8-10-12-14-16-17-19-21-23-25-27-29-35(38)39-33-32-37-31-30-36(3)34(37)28-26-24-22-20-18-15-13-11-9-7-5-2/h11,13-14,16H,4-10,12,15,17-33H2,1-3H3/q+1/b13-11+,16-14+. The number of amidine groups is 1. The van der Waals surface area contributed by atoms with Gasteiger partial charge in [0.2, 0.25) is 5.84 Å². The Hall–Kier alpha value is -1.58. The van der Waals surface area contributed by atoms with Gasteiger partial charge in [-0.2, -0.15) is 0 Å². The topological polar surface area (TPSA) is 32.5 Å². The predicted molar refractivity (Wildman–Crippen MR) is 170 cm³/mol. The number of unbranched alkanes of at least 4 members (excludes halogenated alkanes) is 16. The zero-order valence-electron chi connectivity index (χ0n) is 26.4. The lowest BCUT2D eigenvalue weighted by atomic mass is 10.1. The Balaban J connectivity index is 1.99. The van der Waals surface area contributed by atoms with Crippen molar-refractivity contribution >= 4 is 11.8 Å². The number of hydrogen-bond acceptors (Lipinski definition) is 3. The molecule has 0 aromatic carbocycles. The van der Waals surface area contributed by atoms with E-state index in [0.717, 1.165) is 38.9 Å². The first-order chi connectivity index (χ1) is 19.2. The van der Waals surface area contributed by atoms with E-state index in [4.69, 9.17) is 4.74 Å². The summed E-state index contributed by atoms with van der Waals surface area (Å²) in [5, 5.41) is 0. The first-order valence-corrected chi connectivity index (χ1v) is 17.0. The molecule has 0 spiro atoms. The highest BCUT2D eigenvalue weighted by atomic mass is 16.5. The molecule has 0 N–H and O–H groups in total. The Kier molecular flexibility index (Phi) is 24.2. The molecule has 0 unspecified atom stereocenters. The molecule has 0 atom stereocenters.